The smallest absolute Gasteiger partial charge is 0.145 e. The first kappa shape index (κ1) is 15.5. The van der Waals surface area contributed by atoms with Crippen LogP contribution >= 0.6 is 0 Å². The number of hydrogen-bond acceptors (Lipinski definition) is 6. The number of pyridine rings is 1. The van der Waals surface area contributed by atoms with Crippen LogP contribution in [-0.4, -0.2) is 38.0 Å². The minimum atomic E-state index is 0.346. The van der Waals surface area contributed by atoms with E-state index in [1.165, 1.54) is 0 Å². The van der Waals surface area contributed by atoms with E-state index in [2.05, 4.69) is 33.6 Å². The molecule has 0 bridgehead atoms. The van der Waals surface area contributed by atoms with E-state index in [4.69, 9.17) is 10.2 Å². The van der Waals surface area contributed by atoms with Gasteiger partial charge in [-0.3, -0.25) is 9.38 Å². The highest BCUT2D eigenvalue weighted by Gasteiger charge is 2.21. The molecular weight excluding hydrogens is 314 g/mol. The Morgan fingerprint density at radius 1 is 1.36 bits per heavy atom. The number of imidazole rings is 1. The quantitative estimate of drug-likeness (QED) is 0.764. The van der Waals surface area contributed by atoms with Gasteiger partial charge >= 0.3 is 0 Å². The number of hydrogen-bond donors (Lipinski definition) is 2. The van der Waals surface area contributed by atoms with Gasteiger partial charge in [0.05, 0.1) is 35.9 Å². The first-order valence-electron chi connectivity index (χ1n) is 8.44. The molecule has 0 amide bonds. The van der Waals surface area contributed by atoms with Crippen LogP contribution in [0.1, 0.15) is 25.3 Å². The first-order chi connectivity index (χ1) is 12.2. The molecule has 0 aliphatic carbocycles. The maximum absolute atomic E-state index is 9.01. The molecule has 1 aliphatic heterocycles. The summed E-state index contributed by atoms with van der Waals surface area (Å²) in [6.07, 6.45) is 9.35. The standard InChI is InChI=1S/C18H19N7/c1-12-14(3-2-5-21-12)23-17-11-20-9-15(24-17)16-10-22-18-7-13(8-19)4-6-25(16)18/h4,6-7,9-12,14,21H,2-3,5H2,1H3,(H,23,24)/t12-,14-/m1/s1. The second-order valence-corrected chi connectivity index (χ2v) is 6.32. The van der Waals surface area contributed by atoms with Gasteiger partial charge in [0, 0.05) is 18.3 Å². The number of piperidine rings is 1. The van der Waals surface area contributed by atoms with Crippen molar-refractivity contribution in [2.24, 2.45) is 0 Å². The molecule has 2 N–H and O–H groups in total. The molecule has 1 fully saturated rings. The van der Waals surface area contributed by atoms with Gasteiger partial charge in [0.2, 0.25) is 0 Å². The van der Waals surface area contributed by atoms with Gasteiger partial charge in [0.25, 0.3) is 0 Å². The van der Waals surface area contributed by atoms with Crippen LogP contribution in [0.3, 0.4) is 0 Å². The summed E-state index contributed by atoms with van der Waals surface area (Å²) in [5.41, 5.74) is 2.91. The van der Waals surface area contributed by atoms with Crippen molar-refractivity contribution >= 4 is 11.5 Å². The Hall–Kier alpha value is -2.98. The number of rotatable bonds is 3. The molecule has 0 unspecified atom stereocenters. The zero-order valence-electron chi connectivity index (χ0n) is 14.0. The molecule has 1 saturated heterocycles. The van der Waals surface area contributed by atoms with E-state index in [1.54, 1.807) is 30.7 Å². The molecule has 126 valence electrons. The van der Waals surface area contributed by atoms with Crippen molar-refractivity contribution in [3.63, 3.8) is 0 Å². The van der Waals surface area contributed by atoms with Crippen molar-refractivity contribution in [3.8, 4) is 17.5 Å². The minimum absolute atomic E-state index is 0.346. The second-order valence-electron chi connectivity index (χ2n) is 6.32. The molecule has 0 spiro atoms. The van der Waals surface area contributed by atoms with Crippen LogP contribution < -0.4 is 10.6 Å². The molecule has 7 nitrogen and oxygen atoms in total. The van der Waals surface area contributed by atoms with Crippen molar-refractivity contribution < 1.29 is 0 Å². The van der Waals surface area contributed by atoms with E-state index < -0.39 is 0 Å². The van der Waals surface area contributed by atoms with Crippen LogP contribution in [0.2, 0.25) is 0 Å². The zero-order valence-corrected chi connectivity index (χ0v) is 14.0. The number of nitrogens with zero attached hydrogens (tertiary/aromatic N) is 5. The lowest BCUT2D eigenvalue weighted by Crippen LogP contribution is -2.46. The topological polar surface area (TPSA) is 90.9 Å². The predicted molar refractivity (Wildman–Crippen MR) is 95.0 cm³/mol. The van der Waals surface area contributed by atoms with Gasteiger partial charge in [-0.15, -0.1) is 0 Å². The van der Waals surface area contributed by atoms with Crippen LogP contribution in [0.25, 0.3) is 17.0 Å². The Balaban J connectivity index is 1.64. The number of nitrogens with one attached hydrogen (secondary N) is 2. The van der Waals surface area contributed by atoms with E-state index in [1.807, 2.05) is 10.6 Å². The molecule has 0 radical (unpaired) electrons. The molecule has 3 aromatic rings. The Kier molecular flexibility index (Phi) is 4.04. The average Bonchev–Trinajstić information content (AvgIpc) is 3.07. The van der Waals surface area contributed by atoms with Gasteiger partial charge in [-0.1, -0.05) is 0 Å². The molecule has 4 heterocycles. The maximum Gasteiger partial charge on any atom is 0.145 e. The molecule has 0 saturated carbocycles. The molecule has 3 aromatic heterocycles. The van der Waals surface area contributed by atoms with Gasteiger partial charge in [-0.25, -0.2) is 9.97 Å². The largest absolute Gasteiger partial charge is 0.364 e. The van der Waals surface area contributed by atoms with E-state index in [9.17, 15) is 0 Å². The average molecular weight is 333 g/mol. The van der Waals surface area contributed by atoms with Crippen molar-refractivity contribution in [1.29, 1.82) is 5.26 Å². The minimum Gasteiger partial charge on any atom is -0.364 e. The molecule has 2 atom stereocenters. The monoisotopic (exact) mass is 333 g/mol. The maximum atomic E-state index is 9.01. The normalized spacial score (nSPS) is 20.3. The number of anilines is 1. The van der Waals surface area contributed by atoms with Gasteiger partial charge < -0.3 is 10.6 Å². The molecule has 0 aromatic carbocycles. The van der Waals surface area contributed by atoms with Crippen LogP contribution in [0.4, 0.5) is 5.82 Å². The molecule has 1 aliphatic rings. The van der Waals surface area contributed by atoms with E-state index >= 15 is 0 Å². The fourth-order valence-electron chi connectivity index (χ4n) is 3.23. The molecule has 25 heavy (non-hydrogen) atoms. The summed E-state index contributed by atoms with van der Waals surface area (Å²) >= 11 is 0. The van der Waals surface area contributed by atoms with E-state index in [0.717, 1.165) is 42.2 Å². The molecule has 4 rings (SSSR count). The van der Waals surface area contributed by atoms with Gasteiger partial charge in [-0.05, 0) is 38.4 Å². The van der Waals surface area contributed by atoms with E-state index in [0.29, 0.717) is 17.6 Å². The van der Waals surface area contributed by atoms with E-state index in [-0.39, 0.29) is 0 Å². The molecule has 7 heteroatoms. The summed E-state index contributed by atoms with van der Waals surface area (Å²) in [5.74, 6) is 0.765. The Morgan fingerprint density at radius 2 is 2.28 bits per heavy atom. The van der Waals surface area contributed by atoms with Crippen LogP contribution in [0, 0.1) is 11.3 Å². The lowest BCUT2D eigenvalue weighted by molar-refractivity contribution is 0.388. The highest BCUT2D eigenvalue weighted by molar-refractivity contribution is 5.62. The fourth-order valence-corrected chi connectivity index (χ4v) is 3.23. The van der Waals surface area contributed by atoms with Crippen molar-refractivity contribution in [1.82, 2.24) is 24.7 Å². The third kappa shape index (κ3) is 3.04. The zero-order chi connectivity index (χ0) is 17.2. The Bertz CT molecular complexity index is 940. The first-order valence-corrected chi connectivity index (χ1v) is 8.44. The van der Waals surface area contributed by atoms with Crippen molar-refractivity contribution in [3.05, 3.63) is 42.5 Å². The summed E-state index contributed by atoms with van der Waals surface area (Å²) < 4.78 is 1.92. The van der Waals surface area contributed by atoms with Gasteiger partial charge in [0.1, 0.15) is 17.2 Å². The molecular formula is C18H19N7. The lowest BCUT2D eigenvalue weighted by atomic mass is 10.00. The van der Waals surface area contributed by atoms with Gasteiger partial charge in [0.15, 0.2) is 0 Å². The van der Waals surface area contributed by atoms with Crippen molar-refractivity contribution in [2.75, 3.05) is 11.9 Å². The summed E-state index contributed by atoms with van der Waals surface area (Å²) in [6, 6.07) is 6.40. The van der Waals surface area contributed by atoms with Crippen LogP contribution in [0.5, 0.6) is 0 Å². The summed E-state index contributed by atoms with van der Waals surface area (Å²) in [5, 5.41) is 16.0. The second kappa shape index (κ2) is 6.49. The number of aromatic nitrogens is 4. The third-order valence-corrected chi connectivity index (χ3v) is 4.63. The highest BCUT2D eigenvalue weighted by Crippen LogP contribution is 2.21. The van der Waals surface area contributed by atoms with Crippen molar-refractivity contribution in [2.45, 2.75) is 31.8 Å². The Morgan fingerprint density at radius 3 is 3.12 bits per heavy atom. The highest BCUT2D eigenvalue weighted by atomic mass is 15.1. The lowest BCUT2D eigenvalue weighted by Gasteiger charge is -2.30. The fraction of sp³-hybridized carbons (Fsp3) is 0.333. The third-order valence-electron chi connectivity index (χ3n) is 4.63. The van der Waals surface area contributed by atoms with Gasteiger partial charge in [-0.2, -0.15) is 5.26 Å². The van der Waals surface area contributed by atoms with Crippen LogP contribution in [-0.2, 0) is 0 Å². The summed E-state index contributed by atoms with van der Waals surface area (Å²) in [6.45, 7) is 3.25. The summed E-state index contributed by atoms with van der Waals surface area (Å²) in [4.78, 5) is 13.4. The Labute approximate surface area is 145 Å². The number of nitriles is 1. The summed E-state index contributed by atoms with van der Waals surface area (Å²) in [7, 11) is 0. The van der Waals surface area contributed by atoms with Crippen LogP contribution in [0.15, 0.2) is 36.9 Å². The SMILES string of the molecule is C[C@H]1NCCC[C@H]1Nc1cncc(-c2cnc3cc(C#N)ccn23)n1. The number of fused-ring (bicyclic) bond motifs is 1. The predicted octanol–water partition coefficient (Wildman–Crippen LogP) is 2.22.